The molecule has 0 saturated carbocycles. The Labute approximate surface area is 135 Å². The van der Waals surface area contributed by atoms with Crippen LogP contribution in [0.5, 0.6) is 0 Å². The standard InChI is InChI=1S/C14H21N5O2.ClH/c1-10(20)17-4-2-5-19-12(9-17)7-13(16-19)14(21)18-6-3-11(15)8-18;/h7,11H,2-6,8-9,15H2,1H3;1H. The Morgan fingerprint density at radius 2 is 2.05 bits per heavy atom. The number of fused-ring (bicyclic) bond motifs is 1. The third-order valence-electron chi connectivity index (χ3n) is 4.19. The molecule has 22 heavy (non-hydrogen) atoms. The van der Waals surface area contributed by atoms with Crippen molar-refractivity contribution in [2.75, 3.05) is 19.6 Å². The Morgan fingerprint density at radius 3 is 2.68 bits per heavy atom. The topological polar surface area (TPSA) is 84.5 Å². The Balaban J connectivity index is 0.00000176. The zero-order chi connectivity index (χ0) is 15.0. The Hall–Kier alpha value is -1.60. The van der Waals surface area contributed by atoms with Gasteiger partial charge in [-0.2, -0.15) is 5.10 Å². The van der Waals surface area contributed by atoms with Crippen LogP contribution in [0.2, 0.25) is 0 Å². The lowest BCUT2D eigenvalue weighted by Crippen LogP contribution is -2.32. The van der Waals surface area contributed by atoms with Gasteiger partial charge in [-0.1, -0.05) is 0 Å². The normalized spacial score (nSPS) is 21.1. The first-order valence-electron chi connectivity index (χ1n) is 7.41. The van der Waals surface area contributed by atoms with Crippen LogP contribution in [0.4, 0.5) is 0 Å². The summed E-state index contributed by atoms with van der Waals surface area (Å²) >= 11 is 0. The molecule has 3 heterocycles. The van der Waals surface area contributed by atoms with Crippen LogP contribution in [0.15, 0.2) is 6.07 Å². The van der Waals surface area contributed by atoms with Gasteiger partial charge in [0.25, 0.3) is 5.91 Å². The molecule has 8 heteroatoms. The van der Waals surface area contributed by atoms with E-state index < -0.39 is 0 Å². The molecule has 1 saturated heterocycles. The van der Waals surface area contributed by atoms with Crippen molar-refractivity contribution in [2.45, 2.75) is 38.9 Å². The number of halogens is 1. The SMILES string of the molecule is CC(=O)N1CCCn2nc(C(=O)N3CCC(N)C3)cc2C1.Cl. The quantitative estimate of drug-likeness (QED) is 0.800. The van der Waals surface area contributed by atoms with Gasteiger partial charge in [0.2, 0.25) is 5.91 Å². The van der Waals surface area contributed by atoms with Gasteiger partial charge in [0.05, 0.1) is 12.2 Å². The predicted molar refractivity (Wildman–Crippen MR) is 83.7 cm³/mol. The molecule has 7 nitrogen and oxygen atoms in total. The van der Waals surface area contributed by atoms with E-state index in [1.807, 2.05) is 10.7 Å². The predicted octanol–water partition coefficient (Wildman–Crippen LogP) is 0.230. The van der Waals surface area contributed by atoms with Crippen molar-refractivity contribution in [1.29, 1.82) is 0 Å². The molecule has 3 rings (SSSR count). The molecule has 0 spiro atoms. The molecule has 1 atom stereocenters. The van der Waals surface area contributed by atoms with Crippen LogP contribution in [-0.4, -0.2) is 57.1 Å². The van der Waals surface area contributed by atoms with Crippen LogP contribution < -0.4 is 5.73 Å². The molecule has 1 unspecified atom stereocenters. The van der Waals surface area contributed by atoms with Gasteiger partial charge in [-0.3, -0.25) is 14.3 Å². The fourth-order valence-corrected chi connectivity index (χ4v) is 2.97. The van der Waals surface area contributed by atoms with E-state index in [0.717, 1.165) is 31.6 Å². The van der Waals surface area contributed by atoms with E-state index in [4.69, 9.17) is 5.73 Å². The molecule has 0 radical (unpaired) electrons. The fraction of sp³-hybridized carbons (Fsp3) is 0.643. The van der Waals surface area contributed by atoms with Crippen LogP contribution in [0.1, 0.15) is 35.9 Å². The number of carbonyl (C=O) groups excluding carboxylic acids is 2. The number of nitrogens with zero attached hydrogens (tertiary/aromatic N) is 4. The van der Waals surface area contributed by atoms with Crippen molar-refractivity contribution >= 4 is 24.2 Å². The van der Waals surface area contributed by atoms with E-state index in [1.165, 1.54) is 0 Å². The van der Waals surface area contributed by atoms with Crippen molar-refractivity contribution in [3.05, 3.63) is 17.5 Å². The molecule has 2 amide bonds. The molecule has 1 aromatic rings. The molecule has 2 aliphatic rings. The Bertz CT molecular complexity index is 574. The monoisotopic (exact) mass is 327 g/mol. The minimum atomic E-state index is -0.0575. The summed E-state index contributed by atoms with van der Waals surface area (Å²) in [5, 5.41) is 4.42. The second kappa shape index (κ2) is 6.66. The third-order valence-corrected chi connectivity index (χ3v) is 4.19. The van der Waals surface area contributed by atoms with E-state index in [0.29, 0.717) is 25.3 Å². The molecule has 2 aliphatic heterocycles. The summed E-state index contributed by atoms with van der Waals surface area (Å²) in [6.45, 7) is 4.87. The highest BCUT2D eigenvalue weighted by Crippen LogP contribution is 2.17. The minimum Gasteiger partial charge on any atom is -0.337 e. The number of aryl methyl sites for hydroxylation is 1. The zero-order valence-corrected chi connectivity index (χ0v) is 13.5. The number of nitrogens with two attached hydrogens (primary N) is 1. The molecule has 122 valence electrons. The first-order valence-corrected chi connectivity index (χ1v) is 7.41. The average Bonchev–Trinajstić information content (AvgIpc) is 2.99. The van der Waals surface area contributed by atoms with Gasteiger partial charge in [-0.05, 0) is 18.9 Å². The summed E-state index contributed by atoms with van der Waals surface area (Å²) in [5.74, 6) is 0.000872. The molecule has 0 aromatic carbocycles. The Kier molecular flexibility index (Phi) is 5.08. The van der Waals surface area contributed by atoms with Crippen molar-refractivity contribution < 1.29 is 9.59 Å². The van der Waals surface area contributed by atoms with Crippen LogP contribution in [0.25, 0.3) is 0 Å². The first kappa shape index (κ1) is 16.8. The van der Waals surface area contributed by atoms with Crippen molar-refractivity contribution in [1.82, 2.24) is 19.6 Å². The summed E-state index contributed by atoms with van der Waals surface area (Å²) in [4.78, 5) is 27.5. The summed E-state index contributed by atoms with van der Waals surface area (Å²) in [7, 11) is 0. The van der Waals surface area contributed by atoms with E-state index in [1.54, 1.807) is 16.7 Å². The molecule has 2 N–H and O–H groups in total. The first-order chi connectivity index (χ1) is 10.0. The highest BCUT2D eigenvalue weighted by atomic mass is 35.5. The van der Waals surface area contributed by atoms with Crippen molar-refractivity contribution in [3.8, 4) is 0 Å². The zero-order valence-electron chi connectivity index (χ0n) is 12.7. The number of aromatic nitrogens is 2. The number of carbonyl (C=O) groups is 2. The number of amides is 2. The number of hydrogen-bond donors (Lipinski definition) is 1. The highest BCUT2D eigenvalue weighted by Gasteiger charge is 2.27. The van der Waals surface area contributed by atoms with Gasteiger partial charge in [-0.15, -0.1) is 12.4 Å². The van der Waals surface area contributed by atoms with Gasteiger partial charge in [-0.25, -0.2) is 0 Å². The maximum absolute atomic E-state index is 12.4. The lowest BCUT2D eigenvalue weighted by molar-refractivity contribution is -0.129. The van der Waals surface area contributed by atoms with Gasteiger partial charge >= 0.3 is 0 Å². The summed E-state index contributed by atoms with van der Waals surface area (Å²) in [6, 6.07) is 1.88. The molecule has 0 bridgehead atoms. The van der Waals surface area contributed by atoms with Crippen molar-refractivity contribution in [3.63, 3.8) is 0 Å². The average molecular weight is 328 g/mol. The van der Waals surface area contributed by atoms with Gasteiger partial charge in [0.1, 0.15) is 0 Å². The number of likely N-dealkylation sites (tertiary alicyclic amines) is 1. The summed E-state index contributed by atoms with van der Waals surface area (Å²) in [5.41, 5.74) is 7.23. The maximum Gasteiger partial charge on any atom is 0.274 e. The van der Waals surface area contributed by atoms with Gasteiger partial charge < -0.3 is 15.5 Å². The molecule has 0 aliphatic carbocycles. The van der Waals surface area contributed by atoms with Crippen LogP contribution in [0.3, 0.4) is 0 Å². The lowest BCUT2D eigenvalue weighted by Gasteiger charge is -2.17. The van der Waals surface area contributed by atoms with Gasteiger partial charge in [0.15, 0.2) is 5.69 Å². The van der Waals surface area contributed by atoms with E-state index in [9.17, 15) is 9.59 Å². The maximum atomic E-state index is 12.4. The molecular weight excluding hydrogens is 306 g/mol. The smallest absolute Gasteiger partial charge is 0.274 e. The summed E-state index contributed by atoms with van der Waals surface area (Å²) in [6.07, 6.45) is 1.70. The van der Waals surface area contributed by atoms with Crippen LogP contribution >= 0.6 is 12.4 Å². The molecule has 1 fully saturated rings. The number of rotatable bonds is 1. The Morgan fingerprint density at radius 1 is 1.27 bits per heavy atom. The van der Waals surface area contributed by atoms with E-state index in [-0.39, 0.29) is 30.3 Å². The van der Waals surface area contributed by atoms with Crippen molar-refractivity contribution in [2.24, 2.45) is 5.73 Å². The lowest BCUT2D eigenvalue weighted by atomic mass is 10.3. The van der Waals surface area contributed by atoms with Gasteiger partial charge in [0, 0.05) is 39.1 Å². The second-order valence-electron chi connectivity index (χ2n) is 5.84. The molecule has 1 aromatic heterocycles. The minimum absolute atomic E-state index is 0. The van der Waals surface area contributed by atoms with E-state index >= 15 is 0 Å². The van der Waals surface area contributed by atoms with Crippen LogP contribution in [0, 0.1) is 0 Å². The van der Waals surface area contributed by atoms with E-state index in [2.05, 4.69) is 5.10 Å². The third kappa shape index (κ3) is 3.25. The van der Waals surface area contributed by atoms with Crippen LogP contribution in [-0.2, 0) is 17.9 Å². The fourth-order valence-electron chi connectivity index (χ4n) is 2.97. The number of hydrogen-bond acceptors (Lipinski definition) is 4. The second-order valence-corrected chi connectivity index (χ2v) is 5.84. The largest absolute Gasteiger partial charge is 0.337 e. The molecular formula is C14H22ClN5O2. The summed E-state index contributed by atoms with van der Waals surface area (Å²) < 4.78 is 1.85. The highest BCUT2D eigenvalue weighted by molar-refractivity contribution is 5.92.